The van der Waals surface area contributed by atoms with Crippen LogP contribution >= 0.6 is 23.2 Å². The lowest BCUT2D eigenvalue weighted by Gasteiger charge is -2.28. The van der Waals surface area contributed by atoms with E-state index in [1.807, 2.05) is 79.7 Å². The third-order valence-electron chi connectivity index (χ3n) is 6.32. The molecule has 0 aliphatic rings. The van der Waals surface area contributed by atoms with Crippen LogP contribution in [0.1, 0.15) is 89.1 Å². The standard InChI is InChI=1S/C34H42Cl2N4O4.C2H6/c1-22(43-33(2,3)4)28(39-31(41)30-26(35)15-11-16-27(30)36)20-23-18-19-24(37-21-23)12-9-13-25-14-10-17-29(38-25)40(8)32(42)44-34(5,6)7;1-2/h10-11,14-19,21,28H,1,9,12-13,20H2,2-8H3,(H,39,41);1-2H3. The van der Waals surface area contributed by atoms with Gasteiger partial charge in [-0.05, 0) is 96.7 Å². The van der Waals surface area contributed by atoms with Crippen molar-refractivity contribution in [3.05, 3.63) is 99.6 Å². The van der Waals surface area contributed by atoms with Crippen LogP contribution in [0.5, 0.6) is 0 Å². The summed E-state index contributed by atoms with van der Waals surface area (Å²) in [6.07, 6.45) is 4.07. The van der Waals surface area contributed by atoms with Gasteiger partial charge in [-0.2, -0.15) is 0 Å². The molecular formula is C36H48Cl2N4O4. The van der Waals surface area contributed by atoms with Gasteiger partial charge in [0.05, 0.1) is 21.7 Å². The van der Waals surface area contributed by atoms with Crippen LogP contribution in [-0.4, -0.2) is 46.3 Å². The second-order valence-corrected chi connectivity index (χ2v) is 13.4. The minimum atomic E-state index is -0.584. The Kier molecular flexibility index (Phi) is 14.5. The fraction of sp³-hybridized carbons (Fsp3) is 0.444. The molecule has 0 spiro atoms. The van der Waals surface area contributed by atoms with Crippen molar-refractivity contribution in [2.45, 2.75) is 98.3 Å². The van der Waals surface area contributed by atoms with Gasteiger partial charge in [-0.15, -0.1) is 0 Å². The molecule has 2 amide bonds. The summed E-state index contributed by atoms with van der Waals surface area (Å²) in [4.78, 5) is 36.3. The SMILES string of the molecule is C=C(OC(C)(C)C)C(Cc1ccc(CCCc2cccc(N(C)C(=O)OC(C)(C)C)n2)nc1)NC(=O)c1c(Cl)cccc1Cl.CC. The molecule has 0 aliphatic carbocycles. The molecule has 2 heterocycles. The molecule has 0 saturated carbocycles. The maximum atomic E-state index is 13.2. The van der Waals surface area contributed by atoms with Crippen LogP contribution in [0, 0.1) is 0 Å². The minimum Gasteiger partial charge on any atom is -0.491 e. The first-order valence-electron chi connectivity index (χ1n) is 15.5. The Morgan fingerprint density at radius 3 is 2.04 bits per heavy atom. The van der Waals surface area contributed by atoms with E-state index in [9.17, 15) is 9.59 Å². The summed E-state index contributed by atoms with van der Waals surface area (Å²) >= 11 is 12.5. The number of hydrogen-bond acceptors (Lipinski definition) is 6. The zero-order chi connectivity index (χ0) is 34.7. The second-order valence-electron chi connectivity index (χ2n) is 12.5. The lowest BCUT2D eigenvalue weighted by molar-refractivity contribution is 0.0390. The van der Waals surface area contributed by atoms with Gasteiger partial charge in [0.25, 0.3) is 5.91 Å². The first kappa shape index (κ1) is 38.6. The Labute approximate surface area is 284 Å². The highest BCUT2D eigenvalue weighted by molar-refractivity contribution is 6.39. The third kappa shape index (κ3) is 12.6. The monoisotopic (exact) mass is 670 g/mol. The van der Waals surface area contributed by atoms with Gasteiger partial charge in [0.1, 0.15) is 22.8 Å². The van der Waals surface area contributed by atoms with Gasteiger partial charge in [-0.25, -0.2) is 9.78 Å². The molecule has 0 radical (unpaired) electrons. The molecule has 0 bridgehead atoms. The summed E-state index contributed by atoms with van der Waals surface area (Å²) in [7, 11) is 1.65. The van der Waals surface area contributed by atoms with Crippen molar-refractivity contribution in [3.8, 4) is 0 Å². The number of ether oxygens (including phenoxy) is 2. The number of amides is 2. The Balaban J connectivity index is 0.00000361. The van der Waals surface area contributed by atoms with Crippen molar-refractivity contribution >= 4 is 41.0 Å². The second kappa shape index (κ2) is 17.3. The lowest BCUT2D eigenvalue weighted by Crippen LogP contribution is -2.40. The zero-order valence-electron chi connectivity index (χ0n) is 28.5. The van der Waals surface area contributed by atoms with Crippen LogP contribution in [0.15, 0.2) is 67.1 Å². The van der Waals surface area contributed by atoms with Crippen LogP contribution in [0.3, 0.4) is 0 Å². The number of carbonyl (C=O) groups is 2. The number of carbonyl (C=O) groups excluding carboxylic acids is 2. The molecule has 1 aromatic carbocycles. The van der Waals surface area contributed by atoms with Crippen molar-refractivity contribution in [2.75, 3.05) is 11.9 Å². The summed E-state index contributed by atoms with van der Waals surface area (Å²) in [6, 6.07) is 14.0. The van der Waals surface area contributed by atoms with Gasteiger partial charge in [-0.1, -0.05) is 61.8 Å². The Morgan fingerprint density at radius 1 is 0.891 bits per heavy atom. The van der Waals surface area contributed by atoms with Crippen molar-refractivity contribution in [1.29, 1.82) is 0 Å². The van der Waals surface area contributed by atoms with Crippen molar-refractivity contribution in [3.63, 3.8) is 0 Å². The van der Waals surface area contributed by atoms with Crippen molar-refractivity contribution in [2.24, 2.45) is 0 Å². The van der Waals surface area contributed by atoms with E-state index >= 15 is 0 Å². The molecule has 0 aliphatic heterocycles. The first-order chi connectivity index (χ1) is 21.5. The number of pyridine rings is 2. The number of halogens is 2. The number of anilines is 1. The van der Waals surface area contributed by atoms with Crippen LogP contribution in [0.25, 0.3) is 0 Å². The Morgan fingerprint density at radius 2 is 1.48 bits per heavy atom. The average molecular weight is 672 g/mol. The minimum absolute atomic E-state index is 0.203. The van der Waals surface area contributed by atoms with Gasteiger partial charge < -0.3 is 14.8 Å². The molecule has 8 nitrogen and oxygen atoms in total. The van der Waals surface area contributed by atoms with Gasteiger partial charge in [0.15, 0.2) is 0 Å². The smallest absolute Gasteiger partial charge is 0.415 e. The fourth-order valence-electron chi connectivity index (χ4n) is 4.28. The predicted octanol–water partition coefficient (Wildman–Crippen LogP) is 9.03. The third-order valence-corrected chi connectivity index (χ3v) is 6.95. The summed E-state index contributed by atoms with van der Waals surface area (Å²) in [5, 5.41) is 3.51. The summed E-state index contributed by atoms with van der Waals surface area (Å²) in [6.45, 7) is 19.3. The van der Waals surface area contributed by atoms with Crippen LogP contribution in [0.4, 0.5) is 10.6 Å². The van der Waals surface area contributed by atoms with E-state index in [4.69, 9.17) is 32.7 Å². The van der Waals surface area contributed by atoms with Crippen LogP contribution in [-0.2, 0) is 28.7 Å². The van der Waals surface area contributed by atoms with Gasteiger partial charge in [0.2, 0.25) is 0 Å². The van der Waals surface area contributed by atoms with E-state index < -0.39 is 29.2 Å². The van der Waals surface area contributed by atoms with E-state index in [0.717, 1.165) is 36.2 Å². The van der Waals surface area contributed by atoms with Crippen molar-refractivity contribution < 1.29 is 19.1 Å². The van der Waals surface area contributed by atoms with Gasteiger partial charge >= 0.3 is 6.09 Å². The molecule has 46 heavy (non-hydrogen) atoms. The van der Waals surface area contributed by atoms with E-state index in [1.165, 1.54) is 4.90 Å². The normalized spacial score (nSPS) is 11.9. The van der Waals surface area contributed by atoms with E-state index in [-0.39, 0.29) is 15.6 Å². The highest BCUT2D eigenvalue weighted by Crippen LogP contribution is 2.25. The zero-order valence-corrected chi connectivity index (χ0v) is 30.1. The lowest BCUT2D eigenvalue weighted by atomic mass is 10.0. The molecule has 0 fully saturated rings. The quantitative estimate of drug-likeness (QED) is 0.205. The highest BCUT2D eigenvalue weighted by atomic mass is 35.5. The maximum Gasteiger partial charge on any atom is 0.415 e. The molecule has 10 heteroatoms. The largest absolute Gasteiger partial charge is 0.491 e. The van der Waals surface area contributed by atoms with Crippen LogP contribution in [0.2, 0.25) is 10.0 Å². The molecule has 250 valence electrons. The van der Waals surface area contributed by atoms with E-state index in [2.05, 4.69) is 21.9 Å². The Bertz CT molecular complexity index is 1440. The molecule has 1 N–H and O–H groups in total. The van der Waals surface area contributed by atoms with E-state index in [1.54, 1.807) is 37.5 Å². The van der Waals surface area contributed by atoms with E-state index in [0.29, 0.717) is 18.0 Å². The van der Waals surface area contributed by atoms with Crippen LogP contribution < -0.4 is 10.2 Å². The number of nitrogens with zero attached hydrogens (tertiary/aromatic N) is 3. The number of benzene rings is 1. The summed E-state index contributed by atoms with van der Waals surface area (Å²) < 4.78 is 11.5. The molecular weight excluding hydrogens is 623 g/mol. The maximum absolute atomic E-state index is 13.2. The first-order valence-corrected chi connectivity index (χ1v) is 16.3. The molecule has 0 saturated heterocycles. The molecule has 2 aromatic heterocycles. The topological polar surface area (TPSA) is 93.7 Å². The molecule has 1 atom stereocenters. The average Bonchev–Trinajstić information content (AvgIpc) is 2.96. The van der Waals surface area contributed by atoms with Crippen molar-refractivity contribution in [1.82, 2.24) is 15.3 Å². The van der Waals surface area contributed by atoms with Gasteiger partial charge in [0, 0.05) is 31.1 Å². The number of aromatic nitrogens is 2. The highest BCUT2D eigenvalue weighted by Gasteiger charge is 2.25. The number of hydrogen-bond donors (Lipinski definition) is 1. The predicted molar refractivity (Wildman–Crippen MR) is 188 cm³/mol. The number of rotatable bonds is 11. The number of aryl methyl sites for hydroxylation is 2. The molecule has 3 rings (SSSR count). The molecule has 1 unspecified atom stereocenters. The Hall–Kier alpha value is -3.62. The summed E-state index contributed by atoms with van der Waals surface area (Å²) in [5.41, 5.74) is 1.84. The number of nitrogens with one attached hydrogen (secondary N) is 1. The summed E-state index contributed by atoms with van der Waals surface area (Å²) in [5.74, 6) is 0.545. The fourth-order valence-corrected chi connectivity index (χ4v) is 4.85. The molecule has 3 aromatic rings. The van der Waals surface area contributed by atoms with Gasteiger partial charge in [-0.3, -0.25) is 14.7 Å².